The van der Waals surface area contributed by atoms with E-state index in [-0.39, 0.29) is 6.09 Å². The second kappa shape index (κ2) is 3.57. The van der Waals surface area contributed by atoms with E-state index in [1.807, 2.05) is 6.92 Å². The van der Waals surface area contributed by atoms with Crippen molar-refractivity contribution in [3.8, 4) is 0 Å². The Labute approximate surface area is 66.3 Å². The van der Waals surface area contributed by atoms with Crippen molar-refractivity contribution >= 4 is 6.09 Å². The highest BCUT2D eigenvalue weighted by Crippen LogP contribution is 2.05. The van der Waals surface area contributed by atoms with Gasteiger partial charge >= 0.3 is 6.09 Å². The second-order valence-electron chi connectivity index (χ2n) is 2.90. The van der Waals surface area contributed by atoms with Crippen LogP contribution in [0.4, 0.5) is 4.79 Å². The van der Waals surface area contributed by atoms with E-state index in [1.165, 1.54) is 0 Å². The van der Waals surface area contributed by atoms with E-state index in [4.69, 9.17) is 10.5 Å². The molecule has 0 aromatic carbocycles. The molecular weight excluding hydrogens is 144 g/mol. The van der Waals surface area contributed by atoms with Gasteiger partial charge in [0.05, 0.1) is 6.54 Å². The number of nitrogens with zero attached hydrogens (tertiary/aromatic N) is 1. The molecular formula is C7H14N2O2. The van der Waals surface area contributed by atoms with E-state index in [0.717, 1.165) is 6.54 Å². The molecule has 1 unspecified atom stereocenters. The normalized spacial score (nSPS) is 20.2. The van der Waals surface area contributed by atoms with Gasteiger partial charge in [-0.2, -0.15) is 0 Å². The molecule has 0 spiro atoms. The zero-order valence-corrected chi connectivity index (χ0v) is 6.75. The average Bonchev–Trinajstić information content (AvgIpc) is 2.37. The lowest BCUT2D eigenvalue weighted by Crippen LogP contribution is -2.32. The first-order valence-electron chi connectivity index (χ1n) is 3.86. The number of hydrogen-bond acceptors (Lipinski definition) is 3. The molecule has 4 nitrogen and oxygen atoms in total. The van der Waals surface area contributed by atoms with E-state index in [1.54, 1.807) is 4.90 Å². The smallest absolute Gasteiger partial charge is 0.409 e. The fourth-order valence-electron chi connectivity index (χ4n) is 1.04. The molecule has 11 heavy (non-hydrogen) atoms. The molecule has 1 atom stereocenters. The Bertz CT molecular complexity index is 149. The topological polar surface area (TPSA) is 55.6 Å². The number of ether oxygens (including phenoxy) is 1. The Morgan fingerprint density at radius 2 is 2.55 bits per heavy atom. The van der Waals surface area contributed by atoms with Crippen molar-refractivity contribution in [1.29, 1.82) is 0 Å². The zero-order chi connectivity index (χ0) is 8.27. The highest BCUT2D eigenvalue weighted by Gasteiger charge is 2.22. The maximum absolute atomic E-state index is 10.9. The molecule has 1 heterocycles. The minimum absolute atomic E-state index is 0.203. The lowest BCUT2D eigenvalue weighted by Gasteiger charge is -2.16. The fraction of sp³-hybridized carbons (Fsp3) is 0.857. The number of amides is 1. The summed E-state index contributed by atoms with van der Waals surface area (Å²) in [6.07, 6.45) is -0.203. The zero-order valence-electron chi connectivity index (χ0n) is 6.75. The van der Waals surface area contributed by atoms with E-state index in [9.17, 15) is 4.79 Å². The summed E-state index contributed by atoms with van der Waals surface area (Å²) in [5.74, 6) is 0.362. The molecule has 4 heteroatoms. The molecule has 0 saturated carbocycles. The number of cyclic esters (lactones) is 1. The number of hydrogen-bond donors (Lipinski definition) is 1. The fourth-order valence-corrected chi connectivity index (χ4v) is 1.04. The molecule has 1 fully saturated rings. The molecule has 64 valence electrons. The van der Waals surface area contributed by atoms with Crippen LogP contribution >= 0.6 is 0 Å². The Kier molecular flexibility index (Phi) is 2.70. The number of rotatable bonds is 3. The summed E-state index contributed by atoms with van der Waals surface area (Å²) in [5.41, 5.74) is 5.42. The van der Waals surface area contributed by atoms with Gasteiger partial charge in [-0.1, -0.05) is 6.92 Å². The first-order valence-corrected chi connectivity index (χ1v) is 3.86. The standard InChI is InChI=1S/C7H14N2O2/c1-6(4-8)5-9-2-3-11-7(9)10/h6H,2-5,8H2,1H3. The van der Waals surface area contributed by atoms with Gasteiger partial charge in [-0.3, -0.25) is 0 Å². The molecule has 0 bridgehead atoms. The second-order valence-corrected chi connectivity index (χ2v) is 2.90. The summed E-state index contributed by atoms with van der Waals surface area (Å²) < 4.78 is 4.76. The number of nitrogens with two attached hydrogens (primary N) is 1. The van der Waals surface area contributed by atoms with Gasteiger partial charge in [-0.05, 0) is 12.5 Å². The Hall–Kier alpha value is -0.770. The predicted octanol–water partition coefficient (Wildman–Crippen LogP) is 0.0334. The number of carbonyl (C=O) groups excluding carboxylic acids is 1. The number of carbonyl (C=O) groups is 1. The molecule has 2 N–H and O–H groups in total. The van der Waals surface area contributed by atoms with Crippen molar-refractivity contribution in [2.24, 2.45) is 11.7 Å². The minimum atomic E-state index is -0.203. The SMILES string of the molecule is CC(CN)CN1CCOC1=O. The van der Waals surface area contributed by atoms with E-state index < -0.39 is 0 Å². The van der Waals surface area contributed by atoms with Gasteiger partial charge in [0.2, 0.25) is 0 Å². The van der Waals surface area contributed by atoms with Crippen LogP contribution in [0, 0.1) is 5.92 Å². The minimum Gasteiger partial charge on any atom is -0.448 e. The van der Waals surface area contributed by atoms with Crippen LogP contribution in [-0.4, -0.2) is 37.2 Å². The Balaban J connectivity index is 2.30. The summed E-state index contributed by atoms with van der Waals surface area (Å²) in [7, 11) is 0. The molecule has 1 rings (SSSR count). The van der Waals surface area contributed by atoms with E-state index in [0.29, 0.717) is 25.6 Å². The largest absolute Gasteiger partial charge is 0.448 e. The highest BCUT2D eigenvalue weighted by atomic mass is 16.6. The predicted molar refractivity (Wildman–Crippen MR) is 41.1 cm³/mol. The van der Waals surface area contributed by atoms with E-state index in [2.05, 4.69) is 0 Å². The molecule has 1 aliphatic rings. The van der Waals surface area contributed by atoms with Crippen LogP contribution < -0.4 is 5.73 Å². The summed E-state index contributed by atoms with van der Waals surface area (Å²) in [6, 6.07) is 0. The average molecular weight is 158 g/mol. The van der Waals surface area contributed by atoms with Gasteiger partial charge in [0.1, 0.15) is 6.61 Å². The van der Waals surface area contributed by atoms with Gasteiger partial charge in [0.15, 0.2) is 0 Å². The third-order valence-electron chi connectivity index (χ3n) is 1.78. The van der Waals surface area contributed by atoms with E-state index >= 15 is 0 Å². The van der Waals surface area contributed by atoms with Crippen LogP contribution in [0.25, 0.3) is 0 Å². The summed E-state index contributed by atoms with van der Waals surface area (Å²) in [5, 5.41) is 0. The van der Waals surface area contributed by atoms with Gasteiger partial charge in [0, 0.05) is 6.54 Å². The first-order chi connectivity index (χ1) is 5.24. The Morgan fingerprint density at radius 3 is 3.00 bits per heavy atom. The van der Waals surface area contributed by atoms with Crippen LogP contribution in [0.15, 0.2) is 0 Å². The molecule has 0 aromatic rings. The summed E-state index contributed by atoms with van der Waals surface area (Å²) >= 11 is 0. The molecule has 1 aliphatic heterocycles. The van der Waals surface area contributed by atoms with Gasteiger partial charge in [-0.25, -0.2) is 4.79 Å². The van der Waals surface area contributed by atoms with Crippen LogP contribution in [0.2, 0.25) is 0 Å². The maximum Gasteiger partial charge on any atom is 0.409 e. The summed E-state index contributed by atoms with van der Waals surface area (Å²) in [6.45, 7) is 4.59. The van der Waals surface area contributed by atoms with Gasteiger partial charge in [-0.15, -0.1) is 0 Å². The molecule has 0 aliphatic carbocycles. The van der Waals surface area contributed by atoms with Gasteiger partial charge in [0.25, 0.3) is 0 Å². The highest BCUT2D eigenvalue weighted by molar-refractivity contribution is 5.69. The first kappa shape index (κ1) is 8.33. The third-order valence-corrected chi connectivity index (χ3v) is 1.78. The van der Waals surface area contributed by atoms with Crippen LogP contribution in [-0.2, 0) is 4.74 Å². The van der Waals surface area contributed by atoms with Crippen LogP contribution in [0.3, 0.4) is 0 Å². The monoisotopic (exact) mass is 158 g/mol. The van der Waals surface area contributed by atoms with Crippen molar-refractivity contribution in [3.63, 3.8) is 0 Å². The Morgan fingerprint density at radius 1 is 1.82 bits per heavy atom. The maximum atomic E-state index is 10.9. The quantitative estimate of drug-likeness (QED) is 0.630. The van der Waals surface area contributed by atoms with Crippen molar-refractivity contribution in [2.75, 3.05) is 26.2 Å². The van der Waals surface area contributed by atoms with Crippen LogP contribution in [0.5, 0.6) is 0 Å². The van der Waals surface area contributed by atoms with Crippen LogP contribution in [0.1, 0.15) is 6.92 Å². The lowest BCUT2D eigenvalue weighted by atomic mass is 10.2. The molecule has 0 radical (unpaired) electrons. The molecule has 1 amide bonds. The molecule has 1 saturated heterocycles. The van der Waals surface area contributed by atoms with Crippen molar-refractivity contribution in [3.05, 3.63) is 0 Å². The van der Waals surface area contributed by atoms with Crippen molar-refractivity contribution in [2.45, 2.75) is 6.92 Å². The third kappa shape index (κ3) is 2.08. The molecule has 0 aromatic heterocycles. The summed E-state index contributed by atoms with van der Waals surface area (Å²) in [4.78, 5) is 12.6. The van der Waals surface area contributed by atoms with Gasteiger partial charge < -0.3 is 15.4 Å². The van der Waals surface area contributed by atoms with Crippen molar-refractivity contribution < 1.29 is 9.53 Å². The lowest BCUT2D eigenvalue weighted by molar-refractivity contribution is 0.155. The van der Waals surface area contributed by atoms with Crippen molar-refractivity contribution in [1.82, 2.24) is 4.90 Å².